The van der Waals surface area contributed by atoms with Gasteiger partial charge in [0.15, 0.2) is 0 Å². The van der Waals surface area contributed by atoms with Crippen molar-refractivity contribution in [2.75, 3.05) is 6.54 Å². The highest BCUT2D eigenvalue weighted by Gasteiger charge is 2.54. The van der Waals surface area contributed by atoms with E-state index >= 15 is 0 Å². The van der Waals surface area contributed by atoms with E-state index in [0.717, 1.165) is 37.1 Å². The molecule has 0 aromatic carbocycles. The van der Waals surface area contributed by atoms with E-state index in [1.807, 2.05) is 11.3 Å². The number of hydrogen-bond acceptors (Lipinski definition) is 2. The summed E-state index contributed by atoms with van der Waals surface area (Å²) in [6, 6.07) is 4.29. The highest BCUT2D eigenvalue weighted by Crippen LogP contribution is 2.60. The van der Waals surface area contributed by atoms with Gasteiger partial charge < -0.3 is 5.32 Å². The first-order valence-electron chi connectivity index (χ1n) is 8.54. The Hall–Kier alpha value is -0.830. The molecule has 0 spiro atoms. The Balaban J connectivity index is 1.31. The van der Waals surface area contributed by atoms with Crippen LogP contribution in [0, 0.1) is 23.2 Å². The van der Waals surface area contributed by atoms with Crippen molar-refractivity contribution in [3.63, 3.8) is 0 Å². The number of thiophene rings is 1. The molecule has 1 amide bonds. The summed E-state index contributed by atoms with van der Waals surface area (Å²) < 4.78 is 0. The Morgan fingerprint density at radius 3 is 2.43 bits per heavy atom. The summed E-state index contributed by atoms with van der Waals surface area (Å²) in [5.74, 6) is 2.95. The SMILES string of the molecule is O=C(NCCCc1cccs1)C12CC3CC(CC(C3)C1)C2. The monoisotopic (exact) mass is 303 g/mol. The van der Waals surface area contributed by atoms with E-state index < -0.39 is 0 Å². The van der Waals surface area contributed by atoms with Crippen molar-refractivity contribution in [2.45, 2.75) is 51.4 Å². The molecule has 4 saturated carbocycles. The van der Waals surface area contributed by atoms with E-state index in [-0.39, 0.29) is 5.41 Å². The van der Waals surface area contributed by atoms with Crippen molar-refractivity contribution in [3.05, 3.63) is 22.4 Å². The third-order valence-electron chi connectivity index (χ3n) is 5.99. The summed E-state index contributed by atoms with van der Waals surface area (Å²) in [4.78, 5) is 14.2. The second-order valence-corrected chi connectivity index (χ2v) is 8.67. The van der Waals surface area contributed by atoms with Crippen LogP contribution in [-0.2, 0) is 11.2 Å². The van der Waals surface area contributed by atoms with Crippen LogP contribution in [0.2, 0.25) is 0 Å². The summed E-state index contributed by atoms with van der Waals surface area (Å²) in [5.41, 5.74) is 0.0255. The summed E-state index contributed by atoms with van der Waals surface area (Å²) in [6.07, 6.45) is 9.92. The van der Waals surface area contributed by atoms with Gasteiger partial charge in [-0.3, -0.25) is 4.79 Å². The van der Waals surface area contributed by atoms with Crippen LogP contribution in [0.4, 0.5) is 0 Å². The maximum Gasteiger partial charge on any atom is 0.226 e. The van der Waals surface area contributed by atoms with E-state index in [1.165, 1.54) is 43.4 Å². The van der Waals surface area contributed by atoms with Crippen LogP contribution in [0.5, 0.6) is 0 Å². The van der Waals surface area contributed by atoms with Crippen LogP contribution in [0.25, 0.3) is 0 Å². The van der Waals surface area contributed by atoms with Crippen molar-refractivity contribution in [1.82, 2.24) is 5.32 Å². The van der Waals surface area contributed by atoms with Crippen molar-refractivity contribution in [3.8, 4) is 0 Å². The van der Waals surface area contributed by atoms with Crippen LogP contribution >= 0.6 is 11.3 Å². The zero-order valence-electron chi connectivity index (χ0n) is 12.6. The molecule has 1 aromatic heterocycles. The van der Waals surface area contributed by atoms with Crippen molar-refractivity contribution in [2.24, 2.45) is 23.2 Å². The Bertz CT molecular complexity index is 472. The van der Waals surface area contributed by atoms with Gasteiger partial charge in [0.1, 0.15) is 0 Å². The van der Waals surface area contributed by atoms with Gasteiger partial charge in [0.2, 0.25) is 5.91 Å². The van der Waals surface area contributed by atoms with E-state index in [9.17, 15) is 4.79 Å². The Morgan fingerprint density at radius 1 is 1.19 bits per heavy atom. The number of aryl methyl sites for hydroxylation is 1. The molecule has 3 heteroatoms. The molecule has 2 nitrogen and oxygen atoms in total. The van der Waals surface area contributed by atoms with Gasteiger partial charge in [-0.1, -0.05) is 6.07 Å². The number of carbonyl (C=O) groups excluding carboxylic acids is 1. The van der Waals surface area contributed by atoms with Crippen LogP contribution in [-0.4, -0.2) is 12.5 Å². The number of carbonyl (C=O) groups is 1. The van der Waals surface area contributed by atoms with Crippen LogP contribution in [0.15, 0.2) is 17.5 Å². The average Bonchev–Trinajstić information content (AvgIpc) is 2.95. The molecule has 0 atom stereocenters. The quantitative estimate of drug-likeness (QED) is 0.818. The van der Waals surface area contributed by atoms with Gasteiger partial charge in [-0.25, -0.2) is 0 Å². The topological polar surface area (TPSA) is 29.1 Å². The first-order chi connectivity index (χ1) is 10.2. The fraction of sp³-hybridized carbons (Fsp3) is 0.722. The summed E-state index contributed by atoms with van der Waals surface area (Å²) >= 11 is 1.82. The van der Waals surface area contributed by atoms with Gasteiger partial charge in [0.05, 0.1) is 0 Å². The third kappa shape index (κ3) is 2.65. The fourth-order valence-corrected chi connectivity index (χ4v) is 6.25. The second-order valence-electron chi connectivity index (χ2n) is 7.64. The number of amides is 1. The molecule has 0 saturated heterocycles. The molecule has 5 rings (SSSR count). The molecule has 1 heterocycles. The van der Waals surface area contributed by atoms with Gasteiger partial charge in [-0.2, -0.15) is 0 Å². The number of nitrogens with one attached hydrogen (secondary N) is 1. The molecule has 0 radical (unpaired) electrons. The maximum atomic E-state index is 12.7. The molecular formula is C18H25NOS. The minimum atomic E-state index is 0.0255. The molecule has 4 aliphatic rings. The smallest absolute Gasteiger partial charge is 0.226 e. The predicted octanol–water partition coefficient (Wildman–Crippen LogP) is 4.01. The lowest BCUT2D eigenvalue weighted by atomic mass is 9.49. The van der Waals surface area contributed by atoms with Crippen molar-refractivity contribution >= 4 is 17.2 Å². The van der Waals surface area contributed by atoms with Gasteiger partial charge in [-0.05, 0) is 80.6 Å². The Morgan fingerprint density at radius 2 is 1.86 bits per heavy atom. The third-order valence-corrected chi connectivity index (χ3v) is 6.92. The standard InChI is InChI=1S/C18H25NOS/c20-17(19-5-1-3-16-4-2-6-21-16)18-10-13-7-14(11-18)9-15(8-13)12-18/h2,4,6,13-15H,1,3,5,7-12H2,(H,19,20). The van der Waals surface area contributed by atoms with Gasteiger partial charge in [0.25, 0.3) is 0 Å². The largest absolute Gasteiger partial charge is 0.356 e. The molecule has 21 heavy (non-hydrogen) atoms. The molecular weight excluding hydrogens is 278 g/mol. The van der Waals surface area contributed by atoms with Gasteiger partial charge in [-0.15, -0.1) is 11.3 Å². The number of hydrogen-bond donors (Lipinski definition) is 1. The fourth-order valence-electron chi connectivity index (χ4n) is 5.50. The van der Waals surface area contributed by atoms with E-state index in [4.69, 9.17) is 0 Å². The van der Waals surface area contributed by atoms with Gasteiger partial charge in [0, 0.05) is 16.8 Å². The van der Waals surface area contributed by atoms with Crippen LogP contribution < -0.4 is 5.32 Å². The van der Waals surface area contributed by atoms with Crippen molar-refractivity contribution in [1.29, 1.82) is 0 Å². The second kappa shape index (κ2) is 5.42. The maximum absolute atomic E-state index is 12.7. The van der Waals surface area contributed by atoms with E-state index in [1.54, 1.807) is 0 Å². The summed E-state index contributed by atoms with van der Waals surface area (Å²) in [6.45, 7) is 0.846. The predicted molar refractivity (Wildman–Crippen MR) is 86.3 cm³/mol. The molecule has 4 aliphatic carbocycles. The van der Waals surface area contributed by atoms with Crippen molar-refractivity contribution < 1.29 is 4.79 Å². The zero-order chi connectivity index (χ0) is 14.3. The average molecular weight is 303 g/mol. The molecule has 1 aromatic rings. The highest BCUT2D eigenvalue weighted by molar-refractivity contribution is 7.09. The highest BCUT2D eigenvalue weighted by atomic mass is 32.1. The van der Waals surface area contributed by atoms with Crippen LogP contribution in [0.1, 0.15) is 49.8 Å². The van der Waals surface area contributed by atoms with E-state index in [2.05, 4.69) is 22.8 Å². The first-order valence-corrected chi connectivity index (χ1v) is 9.42. The molecule has 114 valence electrons. The lowest BCUT2D eigenvalue weighted by molar-refractivity contribution is -0.146. The molecule has 1 N–H and O–H groups in total. The van der Waals surface area contributed by atoms with E-state index in [0.29, 0.717) is 5.91 Å². The normalized spacial score (nSPS) is 36.9. The number of rotatable bonds is 5. The Kier molecular flexibility index (Phi) is 3.56. The van der Waals surface area contributed by atoms with Crippen LogP contribution in [0.3, 0.4) is 0 Å². The molecule has 4 fully saturated rings. The minimum absolute atomic E-state index is 0.0255. The molecule has 4 bridgehead atoms. The van der Waals surface area contributed by atoms with Gasteiger partial charge >= 0.3 is 0 Å². The zero-order valence-corrected chi connectivity index (χ0v) is 13.5. The Labute approximate surface area is 131 Å². The molecule has 0 aliphatic heterocycles. The summed E-state index contributed by atoms with van der Waals surface area (Å²) in [5, 5.41) is 5.40. The lowest BCUT2D eigenvalue weighted by Gasteiger charge is -2.55. The molecule has 0 unspecified atom stereocenters. The first kappa shape index (κ1) is 13.8. The lowest BCUT2D eigenvalue weighted by Crippen LogP contribution is -2.53. The minimum Gasteiger partial charge on any atom is -0.356 e. The summed E-state index contributed by atoms with van der Waals surface area (Å²) in [7, 11) is 0.